The van der Waals surface area contributed by atoms with Crippen LogP contribution in [0.5, 0.6) is 5.75 Å². The minimum atomic E-state index is 0.0514. The Kier molecular flexibility index (Phi) is 6.82. The Bertz CT molecular complexity index is 1190. The number of likely N-dealkylation sites (tertiary alicyclic amines) is 1. The molecule has 0 unspecified atom stereocenters. The quantitative estimate of drug-likeness (QED) is 0.361. The number of nitrogens with zero attached hydrogens (tertiary/aromatic N) is 1. The van der Waals surface area contributed by atoms with Gasteiger partial charge in [0.1, 0.15) is 11.3 Å². The third kappa shape index (κ3) is 4.39. The van der Waals surface area contributed by atoms with E-state index in [1.807, 2.05) is 43.9 Å². The lowest BCUT2D eigenvalue weighted by Crippen LogP contribution is -2.34. The molecule has 0 bridgehead atoms. The monoisotopic (exact) mass is 471 g/mol. The predicted molar refractivity (Wildman–Crippen MR) is 132 cm³/mol. The van der Waals surface area contributed by atoms with Crippen molar-refractivity contribution in [2.75, 3.05) is 19.7 Å². The lowest BCUT2D eigenvalue weighted by atomic mass is 9.96. The zero-order valence-electron chi connectivity index (χ0n) is 18.6. The van der Waals surface area contributed by atoms with Gasteiger partial charge in [-0.2, -0.15) is 0 Å². The molecule has 0 spiro atoms. The molecule has 0 aliphatic carbocycles. The Morgan fingerprint density at radius 1 is 1.16 bits per heavy atom. The van der Waals surface area contributed by atoms with Crippen LogP contribution < -0.4 is 4.74 Å². The molecular formula is C26H27Cl2NO3. The van der Waals surface area contributed by atoms with Gasteiger partial charge in [-0.3, -0.25) is 4.79 Å². The minimum absolute atomic E-state index is 0.0514. The molecule has 2 aromatic carbocycles. The molecule has 1 fully saturated rings. The van der Waals surface area contributed by atoms with Crippen molar-refractivity contribution in [3.63, 3.8) is 0 Å². The summed E-state index contributed by atoms with van der Waals surface area (Å²) in [5.41, 5.74) is 5.11. The van der Waals surface area contributed by atoms with Gasteiger partial charge in [-0.05, 0) is 63.8 Å². The van der Waals surface area contributed by atoms with Crippen molar-refractivity contribution >= 4 is 45.7 Å². The lowest BCUT2D eigenvalue weighted by molar-refractivity contribution is -0.126. The molecule has 0 atom stereocenters. The number of fused-ring (bicyclic) bond motifs is 1. The van der Waals surface area contributed by atoms with Gasteiger partial charge in [0.25, 0.3) is 0 Å². The summed E-state index contributed by atoms with van der Waals surface area (Å²) in [5, 5.41) is 2.06. The highest BCUT2D eigenvalue weighted by molar-refractivity contribution is 6.36. The van der Waals surface area contributed by atoms with Crippen molar-refractivity contribution in [1.29, 1.82) is 0 Å². The molecule has 0 saturated carbocycles. The third-order valence-corrected chi connectivity index (χ3v) is 6.53. The summed E-state index contributed by atoms with van der Waals surface area (Å²) in [5.74, 6) is 0.791. The van der Waals surface area contributed by atoms with Crippen LogP contribution in [0.15, 0.2) is 41.0 Å². The van der Waals surface area contributed by atoms with Crippen LogP contribution in [0.25, 0.3) is 27.7 Å². The Hall–Kier alpha value is -2.43. The number of halogens is 2. The normalized spacial score (nSPS) is 14.8. The van der Waals surface area contributed by atoms with Gasteiger partial charge < -0.3 is 14.1 Å². The van der Waals surface area contributed by atoms with Crippen molar-refractivity contribution in [3.8, 4) is 16.9 Å². The van der Waals surface area contributed by atoms with Crippen molar-refractivity contribution in [2.24, 2.45) is 0 Å². The fourth-order valence-corrected chi connectivity index (χ4v) is 4.83. The number of aryl methyl sites for hydroxylation is 1. The molecule has 6 heteroatoms. The number of hydrogen-bond acceptors (Lipinski definition) is 3. The van der Waals surface area contributed by atoms with Gasteiger partial charge >= 0.3 is 0 Å². The van der Waals surface area contributed by atoms with E-state index in [1.165, 1.54) is 6.42 Å². The zero-order chi connectivity index (χ0) is 22.8. The van der Waals surface area contributed by atoms with E-state index < -0.39 is 0 Å². The number of piperidine rings is 1. The number of carbonyl (C=O) groups is 1. The Balaban J connectivity index is 1.84. The molecule has 1 aliphatic rings. The highest BCUT2D eigenvalue weighted by atomic mass is 35.5. The van der Waals surface area contributed by atoms with E-state index >= 15 is 0 Å². The highest BCUT2D eigenvalue weighted by Crippen LogP contribution is 2.42. The molecule has 2 heterocycles. The number of furan rings is 1. The van der Waals surface area contributed by atoms with Crippen LogP contribution in [0.1, 0.15) is 44.2 Å². The van der Waals surface area contributed by atoms with Crippen LogP contribution in [0.4, 0.5) is 0 Å². The van der Waals surface area contributed by atoms with E-state index in [4.69, 9.17) is 32.4 Å². The van der Waals surface area contributed by atoms with Crippen molar-refractivity contribution in [1.82, 2.24) is 4.90 Å². The lowest BCUT2D eigenvalue weighted by Gasteiger charge is -2.25. The zero-order valence-corrected chi connectivity index (χ0v) is 20.1. The first-order valence-electron chi connectivity index (χ1n) is 11.0. The average molecular weight is 472 g/mol. The average Bonchev–Trinajstić information content (AvgIpc) is 3.20. The fourth-order valence-electron chi connectivity index (χ4n) is 4.32. The number of hydrogen-bond donors (Lipinski definition) is 0. The van der Waals surface area contributed by atoms with Gasteiger partial charge in [0.15, 0.2) is 0 Å². The number of carbonyl (C=O) groups excluding carboxylic acids is 1. The van der Waals surface area contributed by atoms with Gasteiger partial charge in [0.2, 0.25) is 5.91 Å². The van der Waals surface area contributed by atoms with Gasteiger partial charge in [-0.15, -0.1) is 0 Å². The molecule has 1 amide bonds. The molecule has 4 nitrogen and oxygen atoms in total. The summed E-state index contributed by atoms with van der Waals surface area (Å²) < 4.78 is 12.0. The van der Waals surface area contributed by atoms with Gasteiger partial charge in [-0.1, -0.05) is 29.3 Å². The molecule has 1 aliphatic heterocycles. The molecule has 168 valence electrons. The maximum Gasteiger partial charge on any atom is 0.246 e. The molecule has 32 heavy (non-hydrogen) atoms. The molecule has 0 N–H and O–H groups in total. The van der Waals surface area contributed by atoms with Crippen molar-refractivity contribution in [3.05, 3.63) is 57.8 Å². The Labute approximate surface area is 198 Å². The molecule has 1 aromatic heterocycles. The Morgan fingerprint density at radius 3 is 2.59 bits per heavy atom. The maximum absolute atomic E-state index is 12.9. The van der Waals surface area contributed by atoms with E-state index in [0.29, 0.717) is 16.7 Å². The van der Waals surface area contributed by atoms with Crippen LogP contribution in [-0.2, 0) is 4.79 Å². The first-order chi connectivity index (χ1) is 15.4. The largest absolute Gasteiger partial charge is 0.493 e. The topological polar surface area (TPSA) is 42.7 Å². The van der Waals surface area contributed by atoms with Crippen LogP contribution in [0, 0.1) is 6.92 Å². The second-order valence-electron chi connectivity index (χ2n) is 8.17. The maximum atomic E-state index is 12.9. The fraction of sp³-hybridized carbons (Fsp3) is 0.346. The van der Waals surface area contributed by atoms with E-state index in [1.54, 1.807) is 18.4 Å². The molecule has 1 saturated heterocycles. The third-order valence-electron chi connectivity index (χ3n) is 5.99. The van der Waals surface area contributed by atoms with Crippen LogP contribution in [-0.4, -0.2) is 30.5 Å². The smallest absolute Gasteiger partial charge is 0.246 e. The van der Waals surface area contributed by atoms with Crippen LogP contribution in [0.3, 0.4) is 0 Å². The van der Waals surface area contributed by atoms with E-state index in [0.717, 1.165) is 70.5 Å². The number of allylic oxidation sites excluding steroid dienone is 1. The number of rotatable bonds is 5. The summed E-state index contributed by atoms with van der Waals surface area (Å²) in [6.45, 7) is 8.04. The predicted octanol–water partition coefficient (Wildman–Crippen LogP) is 7.53. The summed E-state index contributed by atoms with van der Waals surface area (Å²) in [7, 11) is 0. The SMILES string of the molecule is CCOc1c(/C(C)=C/C(=O)N2CCCCC2)cc2c(-c3ccc(Cl)cc3Cl)coc2c1C. The molecule has 4 rings (SSSR count). The van der Waals surface area contributed by atoms with E-state index in [9.17, 15) is 4.79 Å². The second-order valence-corrected chi connectivity index (χ2v) is 9.02. The minimum Gasteiger partial charge on any atom is -0.493 e. The Morgan fingerprint density at radius 2 is 1.91 bits per heavy atom. The number of ether oxygens (including phenoxy) is 1. The molecular weight excluding hydrogens is 445 g/mol. The molecule has 0 radical (unpaired) electrons. The number of benzene rings is 2. The summed E-state index contributed by atoms with van der Waals surface area (Å²) in [6.07, 6.45) is 6.75. The van der Waals surface area contributed by atoms with Gasteiger partial charge in [0, 0.05) is 51.8 Å². The van der Waals surface area contributed by atoms with Gasteiger partial charge in [-0.25, -0.2) is 0 Å². The number of amides is 1. The van der Waals surface area contributed by atoms with E-state index in [-0.39, 0.29) is 5.91 Å². The first kappa shape index (κ1) is 22.8. The van der Waals surface area contributed by atoms with Crippen molar-refractivity contribution in [2.45, 2.75) is 40.0 Å². The summed E-state index contributed by atoms with van der Waals surface area (Å²) in [4.78, 5) is 14.8. The van der Waals surface area contributed by atoms with Crippen LogP contribution in [0.2, 0.25) is 10.0 Å². The highest BCUT2D eigenvalue weighted by Gasteiger charge is 2.21. The van der Waals surface area contributed by atoms with Gasteiger partial charge in [0.05, 0.1) is 17.9 Å². The summed E-state index contributed by atoms with van der Waals surface area (Å²) >= 11 is 12.6. The van der Waals surface area contributed by atoms with Crippen LogP contribution >= 0.6 is 23.2 Å². The van der Waals surface area contributed by atoms with E-state index in [2.05, 4.69) is 0 Å². The first-order valence-corrected chi connectivity index (χ1v) is 11.8. The summed E-state index contributed by atoms with van der Waals surface area (Å²) in [6, 6.07) is 7.46. The van der Waals surface area contributed by atoms with Crippen molar-refractivity contribution < 1.29 is 13.9 Å². The second kappa shape index (κ2) is 9.60. The standard InChI is InChI=1S/C26H27Cl2NO3/c1-4-31-25-17(3)26-21(22(15-32-26)19-9-8-18(27)13-23(19)28)14-20(25)16(2)12-24(30)29-10-6-5-7-11-29/h8-9,12-15H,4-7,10-11H2,1-3H3/b16-12+. The molecule has 3 aromatic rings.